The van der Waals surface area contributed by atoms with Crippen LogP contribution in [0, 0.1) is 0 Å². The highest BCUT2D eigenvalue weighted by Crippen LogP contribution is 2.37. The maximum Gasteiger partial charge on any atom is 0.226 e. The van der Waals surface area contributed by atoms with E-state index >= 15 is 0 Å². The summed E-state index contributed by atoms with van der Waals surface area (Å²) in [7, 11) is -1.79. The lowest BCUT2D eigenvalue weighted by Gasteiger charge is -2.27. The number of benzene rings is 1. The first-order valence-electron chi connectivity index (χ1n) is 11.8. The van der Waals surface area contributed by atoms with Gasteiger partial charge in [0, 0.05) is 48.1 Å². The van der Waals surface area contributed by atoms with Crippen molar-refractivity contribution in [1.82, 2.24) is 15.0 Å². The van der Waals surface area contributed by atoms with Gasteiger partial charge in [0.05, 0.1) is 28.8 Å². The van der Waals surface area contributed by atoms with Crippen LogP contribution < -0.4 is 9.64 Å². The Labute approximate surface area is 220 Å². The van der Waals surface area contributed by atoms with Gasteiger partial charge in [-0.25, -0.2) is 23.4 Å². The molecule has 188 valence electrons. The highest BCUT2D eigenvalue weighted by Gasteiger charge is 2.22. The smallest absolute Gasteiger partial charge is 0.226 e. The predicted molar refractivity (Wildman–Crippen MR) is 146 cm³/mol. The van der Waals surface area contributed by atoms with Crippen molar-refractivity contribution >= 4 is 48.9 Å². The maximum atomic E-state index is 12.1. The first-order valence-corrected chi connectivity index (χ1v) is 15.1. The number of ether oxygens (including phenoxy) is 1. The van der Waals surface area contributed by atoms with E-state index in [2.05, 4.69) is 15.3 Å². The number of pyridine rings is 1. The summed E-state index contributed by atoms with van der Waals surface area (Å²) in [6, 6.07) is 9.67. The molecule has 4 aromatic rings. The lowest BCUT2D eigenvalue weighted by Crippen LogP contribution is -2.31. The second-order valence-corrected chi connectivity index (χ2v) is 12.5. The topological polar surface area (TPSA) is 85.3 Å². The first kappa shape index (κ1) is 24.9. The van der Waals surface area contributed by atoms with E-state index in [-0.39, 0.29) is 5.75 Å². The molecule has 3 aromatic heterocycles. The molecule has 1 fully saturated rings. The van der Waals surface area contributed by atoms with Crippen molar-refractivity contribution in [2.75, 3.05) is 31.4 Å². The summed E-state index contributed by atoms with van der Waals surface area (Å²) in [4.78, 5) is 16.7. The number of anilines is 1. The molecule has 7 nitrogen and oxygen atoms in total. The summed E-state index contributed by atoms with van der Waals surface area (Å²) in [6.07, 6.45) is 6.98. The van der Waals surface area contributed by atoms with Gasteiger partial charge in [-0.1, -0.05) is 29.8 Å². The molecule has 36 heavy (non-hydrogen) atoms. The molecule has 1 aliphatic rings. The van der Waals surface area contributed by atoms with E-state index in [9.17, 15) is 8.42 Å². The molecule has 0 amide bonds. The third-order valence-corrected chi connectivity index (χ3v) is 8.49. The number of nitrogens with zero attached hydrogens (tertiary/aromatic N) is 4. The summed E-state index contributed by atoms with van der Waals surface area (Å²) in [6.45, 7) is 1.82. The number of hydrogen-bond acceptors (Lipinski definition) is 8. The van der Waals surface area contributed by atoms with Crippen molar-refractivity contribution in [1.29, 1.82) is 0 Å². The molecular formula is C26H27ClN4O3S2. The van der Waals surface area contributed by atoms with Gasteiger partial charge in [0.25, 0.3) is 0 Å². The Morgan fingerprint density at radius 3 is 2.58 bits per heavy atom. The third kappa shape index (κ3) is 5.33. The second kappa shape index (κ2) is 10.3. The van der Waals surface area contributed by atoms with E-state index in [0.29, 0.717) is 23.8 Å². The van der Waals surface area contributed by atoms with Gasteiger partial charge in [0.1, 0.15) is 0 Å². The van der Waals surface area contributed by atoms with Gasteiger partial charge in [-0.15, -0.1) is 11.3 Å². The van der Waals surface area contributed by atoms with Gasteiger partial charge < -0.3 is 9.64 Å². The Bertz CT molecular complexity index is 1520. The fraction of sp³-hybridized carbons (Fsp3) is 0.346. The number of methoxy groups -OCH3 is 1. The highest BCUT2D eigenvalue weighted by atomic mass is 35.5. The molecule has 10 heteroatoms. The van der Waals surface area contributed by atoms with E-state index in [1.54, 1.807) is 17.5 Å². The molecule has 0 bridgehead atoms. The van der Waals surface area contributed by atoms with Crippen LogP contribution in [-0.4, -0.2) is 49.8 Å². The highest BCUT2D eigenvalue weighted by molar-refractivity contribution is 7.89. The number of hydrogen-bond donors (Lipinski definition) is 0. The Hall–Kier alpha value is -2.75. The quantitative estimate of drug-likeness (QED) is 0.303. The Balaban J connectivity index is 1.67. The van der Waals surface area contributed by atoms with Crippen LogP contribution in [0.15, 0.2) is 41.9 Å². The number of fused-ring (bicyclic) bond motifs is 1. The Morgan fingerprint density at radius 1 is 1.08 bits per heavy atom. The molecular weight excluding hydrogens is 516 g/mol. The van der Waals surface area contributed by atoms with Gasteiger partial charge in [0.2, 0.25) is 11.8 Å². The van der Waals surface area contributed by atoms with E-state index in [4.69, 9.17) is 26.3 Å². The number of aromatic nitrogens is 3. The molecule has 4 heterocycles. The molecule has 0 atom stereocenters. The normalized spacial score (nSPS) is 14.4. The minimum absolute atomic E-state index is 0.160. The van der Waals surface area contributed by atoms with Crippen molar-refractivity contribution in [3.63, 3.8) is 0 Å². The van der Waals surface area contributed by atoms with E-state index < -0.39 is 9.84 Å². The van der Waals surface area contributed by atoms with E-state index in [1.165, 1.54) is 19.8 Å². The summed E-state index contributed by atoms with van der Waals surface area (Å²) >= 11 is 8.05. The second-order valence-electron chi connectivity index (χ2n) is 9.09. The van der Waals surface area contributed by atoms with Gasteiger partial charge in [-0.05, 0) is 47.9 Å². The van der Waals surface area contributed by atoms with E-state index in [0.717, 1.165) is 63.6 Å². The Morgan fingerprint density at radius 2 is 1.86 bits per heavy atom. The van der Waals surface area contributed by atoms with Crippen molar-refractivity contribution < 1.29 is 13.2 Å². The van der Waals surface area contributed by atoms with Crippen molar-refractivity contribution in [2.45, 2.75) is 31.4 Å². The van der Waals surface area contributed by atoms with Crippen LogP contribution in [0.4, 0.5) is 5.95 Å². The molecule has 1 aromatic carbocycles. The summed E-state index contributed by atoms with van der Waals surface area (Å²) in [5, 5.41) is 2.84. The molecule has 0 radical (unpaired) electrons. The lowest BCUT2D eigenvalue weighted by molar-refractivity contribution is 0.394. The monoisotopic (exact) mass is 542 g/mol. The van der Waals surface area contributed by atoms with Gasteiger partial charge in [-0.2, -0.15) is 0 Å². The number of thiophene rings is 1. The van der Waals surface area contributed by atoms with Crippen LogP contribution in [0.25, 0.3) is 21.5 Å². The van der Waals surface area contributed by atoms with Crippen LogP contribution in [0.1, 0.15) is 36.0 Å². The summed E-state index contributed by atoms with van der Waals surface area (Å²) < 4.78 is 30.4. The minimum Gasteiger partial charge on any atom is -0.481 e. The molecule has 1 saturated heterocycles. The number of rotatable bonds is 7. The van der Waals surface area contributed by atoms with Gasteiger partial charge in [0.15, 0.2) is 9.84 Å². The van der Waals surface area contributed by atoms with Crippen LogP contribution >= 0.6 is 22.9 Å². The predicted octanol–water partition coefficient (Wildman–Crippen LogP) is 5.54. The third-order valence-electron chi connectivity index (χ3n) is 6.26. The molecule has 0 unspecified atom stereocenters. The zero-order chi connectivity index (χ0) is 25.3. The molecule has 0 aliphatic carbocycles. The SMILES string of the molecule is COc1ncc(-c2nc(N3CCCCC3)nc3c(Cc4ccccc4Cl)csc23)cc1CS(C)(=O)=O. The van der Waals surface area contributed by atoms with Crippen LogP contribution in [0.3, 0.4) is 0 Å². The first-order chi connectivity index (χ1) is 17.3. The lowest BCUT2D eigenvalue weighted by atomic mass is 10.1. The molecule has 5 rings (SSSR count). The molecule has 0 spiro atoms. The average Bonchev–Trinajstić information content (AvgIpc) is 3.27. The van der Waals surface area contributed by atoms with Crippen molar-refractivity contribution in [2.24, 2.45) is 0 Å². The summed E-state index contributed by atoms with van der Waals surface area (Å²) in [5.74, 6) is 0.833. The standard InChI is InChI=1S/C26H27ClN4O3S2/c1-34-25-20(16-36(2,32)33)13-18(14-28-25)22-24-23(30-26(29-22)31-10-6-3-7-11-31)19(15-35-24)12-17-8-4-5-9-21(17)27/h4-5,8-9,13-15H,3,6-7,10-12,16H2,1-2H3. The van der Waals surface area contributed by atoms with Crippen LogP contribution in [0.5, 0.6) is 5.88 Å². The van der Waals surface area contributed by atoms with Crippen LogP contribution in [0.2, 0.25) is 5.02 Å². The summed E-state index contributed by atoms with van der Waals surface area (Å²) in [5.41, 5.74) is 5.03. The number of halogens is 1. The number of sulfone groups is 1. The number of piperidine rings is 1. The maximum absolute atomic E-state index is 12.1. The zero-order valence-corrected chi connectivity index (χ0v) is 22.6. The molecule has 0 N–H and O–H groups in total. The largest absolute Gasteiger partial charge is 0.481 e. The fourth-order valence-electron chi connectivity index (χ4n) is 4.55. The molecule has 1 aliphatic heterocycles. The fourth-order valence-corrected chi connectivity index (χ4v) is 6.55. The zero-order valence-electron chi connectivity index (χ0n) is 20.2. The van der Waals surface area contributed by atoms with Gasteiger partial charge >= 0.3 is 0 Å². The average molecular weight is 543 g/mol. The molecule has 0 saturated carbocycles. The van der Waals surface area contributed by atoms with E-state index in [1.807, 2.05) is 30.3 Å². The minimum atomic E-state index is -3.28. The van der Waals surface area contributed by atoms with Gasteiger partial charge in [-0.3, -0.25) is 0 Å². The van der Waals surface area contributed by atoms with Crippen molar-refractivity contribution in [3.8, 4) is 17.1 Å². The van der Waals surface area contributed by atoms with Crippen LogP contribution in [-0.2, 0) is 22.0 Å². The van der Waals surface area contributed by atoms with Crippen molar-refractivity contribution in [3.05, 3.63) is 63.6 Å². The Kier molecular flexibility index (Phi) is 7.14.